The molecule has 0 unspecified atom stereocenters. The fourth-order valence-electron chi connectivity index (χ4n) is 1.68. The minimum Gasteiger partial charge on any atom is -0.439 e. The van der Waals surface area contributed by atoms with Gasteiger partial charge in [-0.15, -0.1) is 11.6 Å². The first-order chi connectivity index (χ1) is 9.72. The van der Waals surface area contributed by atoms with Crippen LogP contribution < -0.4 is 4.74 Å². The van der Waals surface area contributed by atoms with Crippen molar-refractivity contribution in [3.05, 3.63) is 52.7 Å². The second-order valence-electron chi connectivity index (χ2n) is 4.24. The van der Waals surface area contributed by atoms with Crippen molar-refractivity contribution in [2.45, 2.75) is 12.3 Å². The Balaban J connectivity index is 2.06. The van der Waals surface area contributed by atoms with Gasteiger partial charge >= 0.3 is 0 Å². The maximum absolute atomic E-state index is 5.95. The van der Waals surface area contributed by atoms with Crippen LogP contribution in [-0.2, 0) is 17.0 Å². The Morgan fingerprint density at radius 3 is 2.60 bits per heavy atom. The molecule has 0 saturated carbocycles. The zero-order chi connectivity index (χ0) is 14.4. The third-order valence-electron chi connectivity index (χ3n) is 2.79. The normalized spacial score (nSPS) is 10.6. The lowest BCUT2D eigenvalue weighted by molar-refractivity contribution is 0.202. The molecule has 0 atom stereocenters. The van der Waals surface area contributed by atoms with E-state index in [-0.39, 0.29) is 0 Å². The number of aromatic nitrogens is 1. The number of alkyl halides is 1. The average molecular weight is 312 g/mol. The molecule has 3 nitrogen and oxygen atoms in total. The highest BCUT2D eigenvalue weighted by molar-refractivity contribution is 6.32. The van der Waals surface area contributed by atoms with Crippen molar-refractivity contribution in [2.24, 2.45) is 0 Å². The van der Waals surface area contributed by atoms with E-state index >= 15 is 0 Å². The van der Waals surface area contributed by atoms with E-state index in [0.29, 0.717) is 23.4 Å². The Hall–Kier alpha value is -1.29. The van der Waals surface area contributed by atoms with E-state index in [0.717, 1.165) is 17.7 Å². The second kappa shape index (κ2) is 7.48. The van der Waals surface area contributed by atoms with Crippen LogP contribution in [0.25, 0.3) is 0 Å². The Kier molecular flexibility index (Phi) is 5.65. The molecule has 2 rings (SSSR count). The first-order valence-electron chi connectivity index (χ1n) is 6.19. The summed E-state index contributed by atoms with van der Waals surface area (Å²) in [6, 6.07) is 9.57. The van der Waals surface area contributed by atoms with Gasteiger partial charge in [-0.2, -0.15) is 0 Å². The van der Waals surface area contributed by atoms with Crippen LogP contribution in [0.3, 0.4) is 0 Å². The van der Waals surface area contributed by atoms with Crippen LogP contribution in [0.2, 0.25) is 5.02 Å². The standard InChI is InChI=1S/C15H15Cl2NO2/c1-19-7-6-11-2-4-13(5-3-11)20-15-8-12(9-16)14(17)10-18-15/h2-5,8,10H,6-7,9H2,1H3. The molecule has 1 aromatic carbocycles. The lowest BCUT2D eigenvalue weighted by Gasteiger charge is -2.07. The number of hydrogen-bond acceptors (Lipinski definition) is 3. The molecule has 0 aliphatic heterocycles. The molecule has 0 N–H and O–H groups in total. The molecule has 0 aliphatic carbocycles. The van der Waals surface area contributed by atoms with Crippen LogP contribution in [-0.4, -0.2) is 18.7 Å². The molecule has 0 spiro atoms. The molecule has 0 amide bonds. The largest absolute Gasteiger partial charge is 0.439 e. The van der Waals surface area contributed by atoms with Crippen molar-refractivity contribution in [3.8, 4) is 11.6 Å². The molecule has 0 bridgehead atoms. The van der Waals surface area contributed by atoms with Crippen molar-refractivity contribution < 1.29 is 9.47 Å². The van der Waals surface area contributed by atoms with Crippen LogP contribution in [0.1, 0.15) is 11.1 Å². The van der Waals surface area contributed by atoms with E-state index < -0.39 is 0 Å². The summed E-state index contributed by atoms with van der Waals surface area (Å²) >= 11 is 11.8. The molecule has 0 aliphatic rings. The lowest BCUT2D eigenvalue weighted by Crippen LogP contribution is -1.94. The molecule has 0 saturated heterocycles. The number of hydrogen-bond donors (Lipinski definition) is 0. The van der Waals surface area contributed by atoms with E-state index in [2.05, 4.69) is 4.98 Å². The number of ether oxygens (including phenoxy) is 2. The van der Waals surface area contributed by atoms with Crippen molar-refractivity contribution in [2.75, 3.05) is 13.7 Å². The molecular formula is C15H15Cl2NO2. The number of pyridine rings is 1. The van der Waals surface area contributed by atoms with Crippen molar-refractivity contribution in [1.82, 2.24) is 4.98 Å². The summed E-state index contributed by atoms with van der Waals surface area (Å²) in [6.07, 6.45) is 2.42. The number of benzene rings is 1. The van der Waals surface area contributed by atoms with Gasteiger partial charge < -0.3 is 9.47 Å². The predicted molar refractivity (Wildman–Crippen MR) is 80.9 cm³/mol. The van der Waals surface area contributed by atoms with Gasteiger partial charge in [0.05, 0.1) is 11.6 Å². The third-order valence-corrected chi connectivity index (χ3v) is 3.42. The summed E-state index contributed by atoms with van der Waals surface area (Å²) in [5.41, 5.74) is 2.00. The number of rotatable bonds is 6. The summed E-state index contributed by atoms with van der Waals surface area (Å²) in [5, 5.41) is 0.544. The van der Waals surface area contributed by atoms with Crippen LogP contribution in [0.15, 0.2) is 36.5 Å². The van der Waals surface area contributed by atoms with E-state index in [1.165, 1.54) is 5.56 Å². The van der Waals surface area contributed by atoms with Gasteiger partial charge in [-0.3, -0.25) is 0 Å². The molecular weight excluding hydrogens is 297 g/mol. The molecule has 1 aromatic heterocycles. The number of methoxy groups -OCH3 is 1. The lowest BCUT2D eigenvalue weighted by atomic mass is 10.1. The number of nitrogens with zero attached hydrogens (tertiary/aromatic N) is 1. The first kappa shape index (κ1) is 15.1. The van der Waals surface area contributed by atoms with Crippen molar-refractivity contribution >= 4 is 23.2 Å². The maximum Gasteiger partial charge on any atom is 0.219 e. The SMILES string of the molecule is COCCc1ccc(Oc2cc(CCl)c(Cl)cn2)cc1. The maximum atomic E-state index is 5.95. The van der Waals surface area contributed by atoms with Gasteiger partial charge in [0.2, 0.25) is 5.88 Å². The van der Waals surface area contributed by atoms with Gasteiger partial charge in [0, 0.05) is 25.3 Å². The third kappa shape index (κ3) is 4.10. The summed E-state index contributed by atoms with van der Waals surface area (Å²) in [7, 11) is 1.69. The van der Waals surface area contributed by atoms with E-state index in [9.17, 15) is 0 Å². The monoisotopic (exact) mass is 311 g/mol. The first-order valence-corrected chi connectivity index (χ1v) is 7.10. The predicted octanol–water partition coefficient (Wildman–Crippen LogP) is 4.46. The molecule has 0 radical (unpaired) electrons. The molecule has 5 heteroatoms. The Morgan fingerprint density at radius 1 is 1.20 bits per heavy atom. The smallest absolute Gasteiger partial charge is 0.219 e. The van der Waals surface area contributed by atoms with Crippen molar-refractivity contribution in [3.63, 3.8) is 0 Å². The van der Waals surface area contributed by atoms with Crippen LogP contribution in [0.5, 0.6) is 11.6 Å². The quantitative estimate of drug-likeness (QED) is 0.738. The Bertz CT molecular complexity index is 558. The van der Waals surface area contributed by atoms with Crippen molar-refractivity contribution in [1.29, 1.82) is 0 Å². The zero-order valence-corrected chi connectivity index (χ0v) is 12.6. The molecule has 106 valence electrons. The average Bonchev–Trinajstić information content (AvgIpc) is 2.48. The van der Waals surface area contributed by atoms with E-state index in [1.807, 2.05) is 24.3 Å². The fraction of sp³-hybridized carbons (Fsp3) is 0.267. The minimum atomic E-state index is 0.327. The summed E-state index contributed by atoms with van der Waals surface area (Å²) < 4.78 is 10.7. The van der Waals surface area contributed by atoms with Gasteiger partial charge in [0.1, 0.15) is 5.75 Å². The minimum absolute atomic E-state index is 0.327. The zero-order valence-electron chi connectivity index (χ0n) is 11.1. The Labute approximate surface area is 128 Å². The molecule has 1 heterocycles. The van der Waals surface area contributed by atoms with E-state index in [4.69, 9.17) is 32.7 Å². The molecule has 2 aromatic rings. The van der Waals surface area contributed by atoms with Crippen LogP contribution in [0, 0.1) is 0 Å². The summed E-state index contributed by atoms with van der Waals surface area (Å²) in [6.45, 7) is 0.706. The van der Waals surface area contributed by atoms with Gasteiger partial charge in [-0.1, -0.05) is 23.7 Å². The highest BCUT2D eigenvalue weighted by Gasteiger charge is 2.04. The van der Waals surface area contributed by atoms with Crippen LogP contribution in [0.4, 0.5) is 0 Å². The highest BCUT2D eigenvalue weighted by atomic mass is 35.5. The summed E-state index contributed by atoms with van der Waals surface area (Å²) in [5.74, 6) is 1.53. The fourth-order valence-corrected chi connectivity index (χ4v) is 2.14. The topological polar surface area (TPSA) is 31.4 Å². The second-order valence-corrected chi connectivity index (χ2v) is 4.91. The molecule has 20 heavy (non-hydrogen) atoms. The summed E-state index contributed by atoms with van der Waals surface area (Å²) in [4.78, 5) is 4.12. The highest BCUT2D eigenvalue weighted by Crippen LogP contribution is 2.25. The Morgan fingerprint density at radius 2 is 1.95 bits per heavy atom. The van der Waals surface area contributed by atoms with E-state index in [1.54, 1.807) is 19.4 Å². The number of halogens is 2. The van der Waals surface area contributed by atoms with Gasteiger partial charge in [0.25, 0.3) is 0 Å². The van der Waals surface area contributed by atoms with Crippen LogP contribution >= 0.6 is 23.2 Å². The van der Waals surface area contributed by atoms with Gasteiger partial charge in [-0.25, -0.2) is 4.98 Å². The van der Waals surface area contributed by atoms with Gasteiger partial charge in [-0.05, 0) is 29.7 Å². The van der Waals surface area contributed by atoms with Gasteiger partial charge in [0.15, 0.2) is 0 Å². The molecule has 0 fully saturated rings.